The number of ether oxygens (including phenoxy) is 1. The second-order valence-corrected chi connectivity index (χ2v) is 9.21. The molecule has 2 aliphatic rings. The second-order valence-electron chi connectivity index (χ2n) is 8.80. The van der Waals surface area contributed by atoms with Crippen molar-refractivity contribution in [2.45, 2.75) is 26.2 Å². The van der Waals surface area contributed by atoms with Crippen LogP contribution in [0.15, 0.2) is 36.5 Å². The standard InChI is InChI=1S/C24H28ClN5O2/c1-16-12-27-30-22(11-21(28-23(16)30)19-6-2-3-7-20(19)25)26-13-17-5-4-9-29(14-17)24(31)18-8-10-32-15-18/h2-3,6-7,11-12,17-18,26H,4-5,8-10,13-15H2,1H3. The van der Waals surface area contributed by atoms with Crippen LogP contribution in [-0.4, -0.2) is 58.3 Å². The maximum Gasteiger partial charge on any atom is 0.228 e. The number of nitrogens with one attached hydrogen (secondary N) is 1. The molecule has 2 aromatic heterocycles. The minimum atomic E-state index is 0.0340. The number of amides is 1. The van der Waals surface area contributed by atoms with Crippen molar-refractivity contribution >= 4 is 29.0 Å². The molecule has 5 rings (SSSR count). The highest BCUT2D eigenvalue weighted by atomic mass is 35.5. The average Bonchev–Trinajstić information content (AvgIpc) is 3.48. The first-order valence-electron chi connectivity index (χ1n) is 11.3. The summed E-state index contributed by atoms with van der Waals surface area (Å²) < 4.78 is 7.26. The van der Waals surface area contributed by atoms with Gasteiger partial charge in [0.2, 0.25) is 5.91 Å². The zero-order valence-corrected chi connectivity index (χ0v) is 19.0. The third-order valence-corrected chi connectivity index (χ3v) is 6.81. The SMILES string of the molecule is Cc1cnn2c(NCC3CCCN(C(=O)C4CCOC4)C3)cc(-c3ccccc3Cl)nc12. The van der Waals surface area contributed by atoms with Crippen LogP contribution in [0.4, 0.5) is 5.82 Å². The Bertz CT molecular complexity index is 1120. The predicted octanol–water partition coefficient (Wildman–Crippen LogP) is 4.05. The fourth-order valence-electron chi connectivity index (χ4n) is 4.67. The van der Waals surface area contributed by atoms with E-state index in [4.69, 9.17) is 21.3 Å². The Labute approximate surface area is 192 Å². The van der Waals surface area contributed by atoms with Gasteiger partial charge in [-0.2, -0.15) is 9.61 Å². The molecule has 8 heteroatoms. The first kappa shape index (κ1) is 21.2. The van der Waals surface area contributed by atoms with E-state index in [2.05, 4.69) is 10.4 Å². The van der Waals surface area contributed by atoms with Gasteiger partial charge in [-0.15, -0.1) is 0 Å². The van der Waals surface area contributed by atoms with Gasteiger partial charge in [-0.05, 0) is 38.2 Å². The molecular weight excluding hydrogens is 426 g/mol. The number of carbonyl (C=O) groups excluding carboxylic acids is 1. The van der Waals surface area contributed by atoms with Crippen molar-refractivity contribution in [3.63, 3.8) is 0 Å². The lowest BCUT2D eigenvalue weighted by Gasteiger charge is -2.34. The van der Waals surface area contributed by atoms with E-state index in [9.17, 15) is 4.79 Å². The molecule has 168 valence electrons. The molecule has 1 N–H and O–H groups in total. The van der Waals surface area contributed by atoms with Crippen LogP contribution in [-0.2, 0) is 9.53 Å². The monoisotopic (exact) mass is 453 g/mol. The molecule has 1 amide bonds. The number of piperidine rings is 1. The molecule has 3 aromatic rings. The van der Waals surface area contributed by atoms with Crippen LogP contribution < -0.4 is 5.32 Å². The molecule has 0 saturated carbocycles. The first-order valence-corrected chi connectivity index (χ1v) is 11.7. The second kappa shape index (κ2) is 9.08. The molecule has 4 heterocycles. The van der Waals surface area contributed by atoms with Gasteiger partial charge in [-0.1, -0.05) is 29.8 Å². The van der Waals surface area contributed by atoms with Crippen molar-refractivity contribution < 1.29 is 9.53 Å². The van der Waals surface area contributed by atoms with Gasteiger partial charge in [0.1, 0.15) is 5.82 Å². The van der Waals surface area contributed by atoms with E-state index in [1.807, 2.05) is 52.9 Å². The predicted molar refractivity (Wildman–Crippen MR) is 125 cm³/mol. The Morgan fingerprint density at radius 3 is 3.00 bits per heavy atom. The molecule has 2 saturated heterocycles. The molecule has 0 radical (unpaired) electrons. The van der Waals surface area contributed by atoms with Crippen molar-refractivity contribution in [1.82, 2.24) is 19.5 Å². The summed E-state index contributed by atoms with van der Waals surface area (Å²) in [5.74, 6) is 1.55. The van der Waals surface area contributed by atoms with E-state index in [-0.39, 0.29) is 11.8 Å². The van der Waals surface area contributed by atoms with E-state index in [0.29, 0.717) is 24.2 Å². The normalized spacial score (nSPS) is 21.2. The van der Waals surface area contributed by atoms with Crippen LogP contribution in [0.3, 0.4) is 0 Å². The average molecular weight is 454 g/mol. The molecule has 2 atom stereocenters. The number of rotatable bonds is 5. The van der Waals surface area contributed by atoms with Gasteiger partial charge in [0, 0.05) is 48.5 Å². The molecule has 0 bridgehead atoms. The minimum Gasteiger partial charge on any atom is -0.381 e. The number of likely N-dealkylation sites (tertiary alicyclic amines) is 1. The summed E-state index contributed by atoms with van der Waals surface area (Å²) in [4.78, 5) is 19.7. The largest absolute Gasteiger partial charge is 0.381 e. The molecule has 2 unspecified atom stereocenters. The smallest absolute Gasteiger partial charge is 0.228 e. The molecule has 1 aromatic carbocycles. The number of aromatic nitrogens is 3. The summed E-state index contributed by atoms with van der Waals surface area (Å²) in [5, 5.41) is 8.77. The molecule has 7 nitrogen and oxygen atoms in total. The van der Waals surface area contributed by atoms with Gasteiger partial charge in [0.25, 0.3) is 0 Å². The Kier molecular flexibility index (Phi) is 6.02. The molecule has 2 aliphatic heterocycles. The van der Waals surface area contributed by atoms with Gasteiger partial charge < -0.3 is 15.0 Å². The van der Waals surface area contributed by atoms with Crippen molar-refractivity contribution in [2.24, 2.45) is 11.8 Å². The number of benzene rings is 1. The third-order valence-electron chi connectivity index (χ3n) is 6.48. The molecule has 32 heavy (non-hydrogen) atoms. The Balaban J connectivity index is 1.35. The molecule has 0 spiro atoms. The Morgan fingerprint density at radius 1 is 1.31 bits per heavy atom. The number of hydrogen-bond donors (Lipinski definition) is 1. The zero-order valence-electron chi connectivity index (χ0n) is 18.3. The third kappa shape index (κ3) is 4.19. The number of halogens is 1. The number of hydrogen-bond acceptors (Lipinski definition) is 5. The van der Waals surface area contributed by atoms with Crippen molar-refractivity contribution in [3.8, 4) is 11.3 Å². The Hall–Kier alpha value is -2.64. The summed E-state index contributed by atoms with van der Waals surface area (Å²) in [6.07, 6.45) is 4.80. The molecule has 0 aliphatic carbocycles. The first-order chi connectivity index (χ1) is 15.6. The van der Waals surface area contributed by atoms with Gasteiger partial charge in [0.05, 0.1) is 24.4 Å². The summed E-state index contributed by atoms with van der Waals surface area (Å²) in [6.45, 7) is 5.67. The number of anilines is 1. The maximum absolute atomic E-state index is 12.8. The topological polar surface area (TPSA) is 71.8 Å². The maximum atomic E-state index is 12.8. The number of fused-ring (bicyclic) bond motifs is 1. The summed E-state index contributed by atoms with van der Waals surface area (Å²) in [7, 11) is 0. The van der Waals surface area contributed by atoms with Crippen LogP contribution in [0.25, 0.3) is 16.9 Å². The van der Waals surface area contributed by atoms with Crippen molar-refractivity contribution in [3.05, 3.63) is 47.1 Å². The fraction of sp³-hybridized carbons (Fsp3) is 0.458. The van der Waals surface area contributed by atoms with Crippen LogP contribution in [0.2, 0.25) is 5.02 Å². The lowest BCUT2D eigenvalue weighted by atomic mass is 9.96. The van der Waals surface area contributed by atoms with Crippen LogP contribution >= 0.6 is 11.6 Å². The van der Waals surface area contributed by atoms with Crippen LogP contribution in [0, 0.1) is 18.8 Å². The fourth-order valence-corrected chi connectivity index (χ4v) is 4.91. The minimum absolute atomic E-state index is 0.0340. The van der Waals surface area contributed by atoms with E-state index in [1.54, 1.807) is 0 Å². The van der Waals surface area contributed by atoms with E-state index in [0.717, 1.165) is 67.2 Å². The summed E-state index contributed by atoms with van der Waals surface area (Å²) in [6, 6.07) is 9.74. The quantitative estimate of drug-likeness (QED) is 0.631. The zero-order chi connectivity index (χ0) is 22.1. The van der Waals surface area contributed by atoms with Crippen LogP contribution in [0.1, 0.15) is 24.8 Å². The molecular formula is C24H28ClN5O2. The van der Waals surface area contributed by atoms with E-state index >= 15 is 0 Å². The highest BCUT2D eigenvalue weighted by Crippen LogP contribution is 2.29. The number of aryl methyl sites for hydroxylation is 1. The highest BCUT2D eigenvalue weighted by Gasteiger charge is 2.31. The van der Waals surface area contributed by atoms with Gasteiger partial charge >= 0.3 is 0 Å². The lowest BCUT2D eigenvalue weighted by Crippen LogP contribution is -2.44. The van der Waals surface area contributed by atoms with Gasteiger partial charge in [0.15, 0.2) is 5.65 Å². The van der Waals surface area contributed by atoms with Crippen LogP contribution in [0.5, 0.6) is 0 Å². The summed E-state index contributed by atoms with van der Waals surface area (Å²) >= 11 is 6.45. The van der Waals surface area contributed by atoms with E-state index in [1.165, 1.54) is 0 Å². The van der Waals surface area contributed by atoms with Crippen molar-refractivity contribution in [1.29, 1.82) is 0 Å². The van der Waals surface area contributed by atoms with Gasteiger partial charge in [-0.25, -0.2) is 4.98 Å². The van der Waals surface area contributed by atoms with Gasteiger partial charge in [-0.3, -0.25) is 4.79 Å². The van der Waals surface area contributed by atoms with Crippen molar-refractivity contribution in [2.75, 3.05) is 38.2 Å². The Morgan fingerprint density at radius 2 is 2.19 bits per heavy atom. The number of carbonyl (C=O) groups is 1. The van der Waals surface area contributed by atoms with E-state index < -0.39 is 0 Å². The number of nitrogens with zero attached hydrogens (tertiary/aromatic N) is 4. The molecule has 2 fully saturated rings. The summed E-state index contributed by atoms with van der Waals surface area (Å²) in [5.41, 5.74) is 3.53. The lowest BCUT2D eigenvalue weighted by molar-refractivity contribution is -0.137. The highest BCUT2D eigenvalue weighted by molar-refractivity contribution is 6.33.